The van der Waals surface area contributed by atoms with Crippen LogP contribution in [0.1, 0.15) is 64.4 Å². The van der Waals surface area contributed by atoms with Crippen LogP contribution in [0.15, 0.2) is 29.8 Å². The summed E-state index contributed by atoms with van der Waals surface area (Å²) in [5.74, 6) is 1.01. The van der Waals surface area contributed by atoms with Crippen molar-refractivity contribution in [3.63, 3.8) is 0 Å². The van der Waals surface area contributed by atoms with E-state index >= 15 is 0 Å². The number of ether oxygens (including phenoxy) is 1. The lowest BCUT2D eigenvalue weighted by atomic mass is 9.86. The minimum atomic E-state index is 0.847. The zero-order valence-corrected chi connectivity index (χ0v) is 12.4. The van der Waals surface area contributed by atoms with Crippen molar-refractivity contribution >= 4 is 5.57 Å². The van der Waals surface area contributed by atoms with E-state index in [0.717, 1.165) is 12.4 Å². The number of benzene rings is 1. The van der Waals surface area contributed by atoms with Crippen LogP contribution >= 0.6 is 0 Å². The molecule has 1 aromatic carbocycles. The van der Waals surface area contributed by atoms with Gasteiger partial charge in [-0.2, -0.15) is 0 Å². The van der Waals surface area contributed by atoms with Crippen molar-refractivity contribution in [2.24, 2.45) is 0 Å². The number of hydrogen-bond acceptors (Lipinski definition) is 1. The Morgan fingerprint density at radius 1 is 1.05 bits per heavy atom. The van der Waals surface area contributed by atoms with E-state index in [9.17, 15) is 0 Å². The summed E-state index contributed by atoms with van der Waals surface area (Å²) in [7, 11) is 0. The Bertz CT molecular complexity index is 408. The van der Waals surface area contributed by atoms with Crippen molar-refractivity contribution < 1.29 is 4.74 Å². The van der Waals surface area contributed by atoms with E-state index in [2.05, 4.69) is 38.1 Å². The second kappa shape index (κ2) is 7.37. The SMILES string of the molecule is CCCCCCOc1ccc(C(C)=C2CCC2)cc1. The van der Waals surface area contributed by atoms with Gasteiger partial charge in [-0.05, 0) is 55.9 Å². The van der Waals surface area contributed by atoms with Gasteiger partial charge in [-0.3, -0.25) is 0 Å². The van der Waals surface area contributed by atoms with E-state index in [1.165, 1.54) is 56.1 Å². The molecule has 1 aliphatic carbocycles. The molecular weight excluding hydrogens is 232 g/mol. The third-order valence-corrected chi connectivity index (χ3v) is 4.04. The highest BCUT2D eigenvalue weighted by Crippen LogP contribution is 2.33. The topological polar surface area (TPSA) is 9.23 Å². The van der Waals surface area contributed by atoms with Gasteiger partial charge in [0, 0.05) is 0 Å². The fraction of sp³-hybridized carbons (Fsp3) is 0.556. The minimum absolute atomic E-state index is 0.847. The summed E-state index contributed by atoms with van der Waals surface area (Å²) >= 11 is 0. The average Bonchev–Trinajstić information content (AvgIpc) is 2.37. The van der Waals surface area contributed by atoms with Gasteiger partial charge < -0.3 is 4.74 Å². The van der Waals surface area contributed by atoms with Crippen LogP contribution in [0.3, 0.4) is 0 Å². The lowest BCUT2D eigenvalue weighted by Crippen LogP contribution is -2.00. The predicted octanol–water partition coefficient (Wildman–Crippen LogP) is 5.60. The molecule has 0 atom stereocenters. The predicted molar refractivity (Wildman–Crippen MR) is 82.5 cm³/mol. The van der Waals surface area contributed by atoms with Crippen LogP contribution in [0, 0.1) is 0 Å². The molecule has 1 aliphatic rings. The second-order valence-electron chi connectivity index (χ2n) is 5.52. The largest absolute Gasteiger partial charge is 0.494 e. The van der Waals surface area contributed by atoms with Gasteiger partial charge >= 0.3 is 0 Å². The maximum atomic E-state index is 5.77. The van der Waals surface area contributed by atoms with Crippen molar-refractivity contribution in [1.82, 2.24) is 0 Å². The van der Waals surface area contributed by atoms with Crippen molar-refractivity contribution in [3.8, 4) is 5.75 Å². The molecule has 0 saturated heterocycles. The Labute approximate surface area is 117 Å². The Morgan fingerprint density at radius 3 is 2.37 bits per heavy atom. The Kier molecular flexibility index (Phi) is 5.50. The van der Waals surface area contributed by atoms with E-state index in [1.54, 1.807) is 5.57 Å². The lowest BCUT2D eigenvalue weighted by molar-refractivity contribution is 0.305. The Balaban J connectivity index is 1.81. The number of allylic oxidation sites excluding steroid dienone is 2. The van der Waals surface area contributed by atoms with E-state index < -0.39 is 0 Å². The van der Waals surface area contributed by atoms with Crippen LogP contribution in [0.2, 0.25) is 0 Å². The van der Waals surface area contributed by atoms with Crippen LogP contribution in [0.4, 0.5) is 0 Å². The molecular formula is C18H26O. The first-order valence-electron chi connectivity index (χ1n) is 7.73. The van der Waals surface area contributed by atoms with E-state index in [0.29, 0.717) is 0 Å². The van der Waals surface area contributed by atoms with Crippen LogP contribution < -0.4 is 4.74 Å². The molecule has 104 valence electrons. The average molecular weight is 258 g/mol. The molecule has 1 heteroatoms. The molecule has 0 heterocycles. The zero-order chi connectivity index (χ0) is 13.5. The highest BCUT2D eigenvalue weighted by atomic mass is 16.5. The molecule has 0 spiro atoms. The molecule has 0 amide bonds. The summed E-state index contributed by atoms with van der Waals surface area (Å²) in [4.78, 5) is 0. The number of unbranched alkanes of at least 4 members (excludes halogenated alkanes) is 3. The molecule has 1 aromatic rings. The molecule has 0 aliphatic heterocycles. The molecule has 0 bridgehead atoms. The third kappa shape index (κ3) is 4.12. The summed E-state index contributed by atoms with van der Waals surface area (Å²) in [5.41, 5.74) is 4.46. The fourth-order valence-electron chi connectivity index (χ4n) is 2.45. The number of rotatable bonds is 7. The third-order valence-electron chi connectivity index (χ3n) is 4.04. The molecule has 2 rings (SSSR count). The molecule has 0 unspecified atom stereocenters. The smallest absolute Gasteiger partial charge is 0.119 e. The summed E-state index contributed by atoms with van der Waals surface area (Å²) in [6.07, 6.45) is 8.99. The normalized spacial score (nSPS) is 14.1. The number of hydrogen-bond donors (Lipinski definition) is 0. The fourth-order valence-corrected chi connectivity index (χ4v) is 2.45. The monoisotopic (exact) mass is 258 g/mol. The Hall–Kier alpha value is -1.24. The quantitative estimate of drug-likeness (QED) is 0.578. The summed E-state index contributed by atoms with van der Waals surface area (Å²) in [6.45, 7) is 5.33. The molecule has 1 saturated carbocycles. The maximum absolute atomic E-state index is 5.77. The second-order valence-corrected chi connectivity index (χ2v) is 5.52. The lowest BCUT2D eigenvalue weighted by Gasteiger charge is -2.20. The van der Waals surface area contributed by atoms with E-state index in [-0.39, 0.29) is 0 Å². The molecule has 1 fully saturated rings. The van der Waals surface area contributed by atoms with Crippen LogP contribution in [-0.2, 0) is 0 Å². The molecule has 1 nitrogen and oxygen atoms in total. The van der Waals surface area contributed by atoms with Gasteiger partial charge in [-0.1, -0.05) is 43.9 Å². The van der Waals surface area contributed by atoms with Crippen LogP contribution in [0.5, 0.6) is 5.75 Å². The van der Waals surface area contributed by atoms with Gasteiger partial charge in [0.05, 0.1) is 6.61 Å². The van der Waals surface area contributed by atoms with Crippen molar-refractivity contribution in [2.45, 2.75) is 58.8 Å². The molecule has 0 N–H and O–H groups in total. The highest BCUT2D eigenvalue weighted by molar-refractivity contribution is 5.68. The molecule has 19 heavy (non-hydrogen) atoms. The Morgan fingerprint density at radius 2 is 1.79 bits per heavy atom. The zero-order valence-electron chi connectivity index (χ0n) is 12.4. The first-order chi connectivity index (χ1) is 9.31. The van der Waals surface area contributed by atoms with Gasteiger partial charge in [-0.25, -0.2) is 0 Å². The molecule has 0 aromatic heterocycles. The van der Waals surface area contributed by atoms with Gasteiger partial charge in [0.15, 0.2) is 0 Å². The first kappa shape index (κ1) is 14.2. The van der Waals surface area contributed by atoms with Crippen molar-refractivity contribution in [1.29, 1.82) is 0 Å². The standard InChI is InChI=1S/C18H26O/c1-3-4-5-6-14-19-18-12-10-17(11-13-18)15(2)16-8-7-9-16/h10-13H,3-9,14H2,1-2H3. The summed E-state index contributed by atoms with van der Waals surface area (Å²) < 4.78 is 5.77. The summed E-state index contributed by atoms with van der Waals surface area (Å²) in [6, 6.07) is 8.61. The van der Waals surface area contributed by atoms with Gasteiger partial charge in [-0.15, -0.1) is 0 Å². The van der Waals surface area contributed by atoms with Gasteiger partial charge in [0.2, 0.25) is 0 Å². The van der Waals surface area contributed by atoms with Gasteiger partial charge in [0.25, 0.3) is 0 Å². The first-order valence-corrected chi connectivity index (χ1v) is 7.73. The minimum Gasteiger partial charge on any atom is -0.494 e. The van der Waals surface area contributed by atoms with Crippen LogP contribution in [-0.4, -0.2) is 6.61 Å². The van der Waals surface area contributed by atoms with Crippen molar-refractivity contribution in [3.05, 3.63) is 35.4 Å². The van der Waals surface area contributed by atoms with E-state index in [1.807, 2.05) is 0 Å². The van der Waals surface area contributed by atoms with Crippen molar-refractivity contribution in [2.75, 3.05) is 6.61 Å². The van der Waals surface area contributed by atoms with E-state index in [4.69, 9.17) is 4.74 Å². The molecule has 0 radical (unpaired) electrons. The summed E-state index contributed by atoms with van der Waals surface area (Å²) in [5, 5.41) is 0. The van der Waals surface area contributed by atoms with Gasteiger partial charge in [0.1, 0.15) is 5.75 Å². The van der Waals surface area contributed by atoms with Crippen LogP contribution in [0.25, 0.3) is 5.57 Å². The highest BCUT2D eigenvalue weighted by Gasteiger charge is 2.12. The maximum Gasteiger partial charge on any atom is 0.119 e.